The summed E-state index contributed by atoms with van der Waals surface area (Å²) in [4.78, 5) is 30.4. The molecule has 0 radical (unpaired) electrons. The zero-order chi connectivity index (χ0) is 14.8. The fourth-order valence-corrected chi connectivity index (χ4v) is 3.60. The summed E-state index contributed by atoms with van der Waals surface area (Å²) in [6.45, 7) is 0.662. The number of ketones is 1. The molecule has 5 nitrogen and oxygen atoms in total. The van der Waals surface area contributed by atoms with E-state index in [2.05, 4.69) is 4.98 Å². The standard InChI is InChI=1S/C16H20N2O3/c19-14-6-2-1-4-11(14)13-5-3-9-18(13)16(21)12-7-8-17-10-15(12)20/h7-8,10-11,13,20H,1-6,9H2. The fourth-order valence-electron chi connectivity index (χ4n) is 3.60. The van der Waals surface area contributed by atoms with E-state index >= 15 is 0 Å². The van der Waals surface area contributed by atoms with Gasteiger partial charge in [0.2, 0.25) is 0 Å². The summed E-state index contributed by atoms with van der Waals surface area (Å²) in [6.07, 6.45) is 8.16. The molecule has 0 spiro atoms. The van der Waals surface area contributed by atoms with Crippen LogP contribution in [0, 0.1) is 5.92 Å². The van der Waals surface area contributed by atoms with Crippen LogP contribution in [0.5, 0.6) is 5.75 Å². The third-order valence-corrected chi connectivity index (χ3v) is 4.66. The van der Waals surface area contributed by atoms with Gasteiger partial charge in [0.05, 0.1) is 11.8 Å². The Balaban J connectivity index is 1.82. The van der Waals surface area contributed by atoms with Crippen molar-refractivity contribution < 1.29 is 14.7 Å². The monoisotopic (exact) mass is 288 g/mol. The molecule has 2 heterocycles. The lowest BCUT2D eigenvalue weighted by atomic mass is 9.81. The lowest BCUT2D eigenvalue weighted by Crippen LogP contribution is -2.43. The lowest BCUT2D eigenvalue weighted by Gasteiger charge is -2.33. The van der Waals surface area contributed by atoms with E-state index in [0.717, 1.165) is 32.1 Å². The van der Waals surface area contributed by atoms with Crippen LogP contribution in [0.1, 0.15) is 48.9 Å². The first-order valence-electron chi connectivity index (χ1n) is 7.65. The van der Waals surface area contributed by atoms with Gasteiger partial charge < -0.3 is 10.0 Å². The van der Waals surface area contributed by atoms with Crippen molar-refractivity contribution in [1.29, 1.82) is 0 Å². The van der Waals surface area contributed by atoms with Gasteiger partial charge in [-0.2, -0.15) is 0 Å². The summed E-state index contributed by atoms with van der Waals surface area (Å²) in [6, 6.07) is 1.54. The molecule has 1 aromatic heterocycles. The van der Waals surface area contributed by atoms with E-state index in [9.17, 15) is 14.7 Å². The Bertz CT molecular complexity index is 558. The SMILES string of the molecule is O=C1CCCCC1C1CCCN1C(=O)c1ccncc1O. The molecule has 2 atom stereocenters. The van der Waals surface area contributed by atoms with Gasteiger partial charge in [-0.1, -0.05) is 6.42 Å². The Kier molecular flexibility index (Phi) is 3.90. The molecular weight excluding hydrogens is 268 g/mol. The number of carbonyl (C=O) groups excluding carboxylic acids is 2. The molecule has 1 N–H and O–H groups in total. The van der Waals surface area contributed by atoms with Crippen molar-refractivity contribution in [3.63, 3.8) is 0 Å². The Morgan fingerprint density at radius 1 is 1.29 bits per heavy atom. The smallest absolute Gasteiger partial charge is 0.257 e. The Hall–Kier alpha value is -1.91. The second-order valence-corrected chi connectivity index (χ2v) is 5.92. The number of Topliss-reactive ketones (excluding diaryl/α,β-unsaturated/α-hetero) is 1. The maximum Gasteiger partial charge on any atom is 0.257 e. The molecule has 2 unspecified atom stereocenters. The number of pyridine rings is 1. The molecule has 0 aromatic carbocycles. The second-order valence-electron chi connectivity index (χ2n) is 5.92. The zero-order valence-electron chi connectivity index (χ0n) is 12.0. The van der Waals surface area contributed by atoms with Gasteiger partial charge >= 0.3 is 0 Å². The van der Waals surface area contributed by atoms with E-state index in [1.54, 1.807) is 4.90 Å². The number of carbonyl (C=O) groups is 2. The molecule has 1 aliphatic heterocycles. The largest absolute Gasteiger partial charge is 0.505 e. The molecule has 5 heteroatoms. The van der Waals surface area contributed by atoms with Crippen molar-refractivity contribution in [2.45, 2.75) is 44.6 Å². The summed E-state index contributed by atoms with van der Waals surface area (Å²) < 4.78 is 0. The van der Waals surface area contributed by atoms with Crippen molar-refractivity contribution in [2.24, 2.45) is 5.92 Å². The van der Waals surface area contributed by atoms with Crippen LogP contribution in [0.15, 0.2) is 18.5 Å². The van der Waals surface area contributed by atoms with E-state index in [4.69, 9.17) is 0 Å². The number of hydrogen-bond acceptors (Lipinski definition) is 4. The van der Waals surface area contributed by atoms with E-state index in [-0.39, 0.29) is 29.2 Å². The molecule has 0 bridgehead atoms. The second kappa shape index (κ2) is 5.84. The minimum Gasteiger partial charge on any atom is -0.505 e. The first-order valence-corrected chi connectivity index (χ1v) is 7.65. The Morgan fingerprint density at radius 3 is 2.90 bits per heavy atom. The number of rotatable bonds is 2. The Morgan fingerprint density at radius 2 is 2.14 bits per heavy atom. The topological polar surface area (TPSA) is 70.5 Å². The highest BCUT2D eigenvalue weighted by molar-refractivity contribution is 5.97. The number of aromatic hydroxyl groups is 1. The van der Waals surface area contributed by atoms with Gasteiger partial charge in [-0.25, -0.2) is 0 Å². The van der Waals surface area contributed by atoms with Crippen LogP contribution in [-0.2, 0) is 4.79 Å². The molecule has 1 saturated heterocycles. The van der Waals surface area contributed by atoms with E-state index in [1.165, 1.54) is 18.5 Å². The van der Waals surface area contributed by atoms with Crippen molar-refractivity contribution >= 4 is 11.7 Å². The number of aromatic nitrogens is 1. The third-order valence-electron chi connectivity index (χ3n) is 4.66. The van der Waals surface area contributed by atoms with Crippen LogP contribution in [0.3, 0.4) is 0 Å². The molecule has 3 rings (SSSR count). The molecule has 1 aromatic rings. The minimum atomic E-state index is -0.184. The maximum absolute atomic E-state index is 12.7. The summed E-state index contributed by atoms with van der Waals surface area (Å²) in [5, 5.41) is 9.81. The van der Waals surface area contributed by atoms with Crippen LogP contribution >= 0.6 is 0 Å². The zero-order valence-corrected chi connectivity index (χ0v) is 12.0. The van der Waals surface area contributed by atoms with E-state index < -0.39 is 0 Å². The van der Waals surface area contributed by atoms with Crippen molar-refractivity contribution in [3.05, 3.63) is 24.0 Å². The lowest BCUT2D eigenvalue weighted by molar-refractivity contribution is -0.126. The van der Waals surface area contributed by atoms with Gasteiger partial charge in [-0.05, 0) is 31.7 Å². The van der Waals surface area contributed by atoms with Crippen LogP contribution in [-0.4, -0.2) is 39.3 Å². The van der Waals surface area contributed by atoms with Crippen LogP contribution in [0.2, 0.25) is 0 Å². The van der Waals surface area contributed by atoms with Crippen molar-refractivity contribution in [3.8, 4) is 5.75 Å². The predicted molar refractivity (Wildman–Crippen MR) is 76.9 cm³/mol. The maximum atomic E-state index is 12.7. The van der Waals surface area contributed by atoms with Gasteiger partial charge in [0.25, 0.3) is 5.91 Å². The summed E-state index contributed by atoms with van der Waals surface area (Å²) in [5.41, 5.74) is 0.278. The fraction of sp³-hybridized carbons (Fsp3) is 0.562. The highest BCUT2D eigenvalue weighted by Gasteiger charge is 2.39. The first kappa shape index (κ1) is 14.0. The molecule has 1 saturated carbocycles. The van der Waals surface area contributed by atoms with Crippen LogP contribution in [0.25, 0.3) is 0 Å². The molecule has 2 aliphatic rings. The number of likely N-dealkylation sites (tertiary alicyclic amines) is 1. The Labute approximate surface area is 124 Å². The molecule has 2 fully saturated rings. The summed E-state index contributed by atoms with van der Waals surface area (Å²) >= 11 is 0. The number of amides is 1. The third kappa shape index (κ3) is 2.64. The van der Waals surface area contributed by atoms with Gasteiger partial charge in [0.1, 0.15) is 11.5 Å². The van der Waals surface area contributed by atoms with Crippen LogP contribution in [0.4, 0.5) is 0 Å². The number of hydrogen-bond donors (Lipinski definition) is 1. The molecule has 1 amide bonds. The predicted octanol–water partition coefficient (Wildman–Crippen LogP) is 2.15. The van der Waals surface area contributed by atoms with Gasteiger partial charge in [0, 0.05) is 31.1 Å². The van der Waals surface area contributed by atoms with E-state index in [1.807, 2.05) is 0 Å². The quantitative estimate of drug-likeness (QED) is 0.905. The van der Waals surface area contributed by atoms with Crippen molar-refractivity contribution in [2.75, 3.05) is 6.54 Å². The van der Waals surface area contributed by atoms with Gasteiger partial charge in [0.15, 0.2) is 0 Å². The summed E-state index contributed by atoms with van der Waals surface area (Å²) in [7, 11) is 0. The molecule has 112 valence electrons. The van der Waals surface area contributed by atoms with Gasteiger partial charge in [-0.15, -0.1) is 0 Å². The highest BCUT2D eigenvalue weighted by atomic mass is 16.3. The van der Waals surface area contributed by atoms with Gasteiger partial charge in [-0.3, -0.25) is 14.6 Å². The van der Waals surface area contributed by atoms with E-state index in [0.29, 0.717) is 18.7 Å². The average Bonchev–Trinajstić information content (AvgIpc) is 2.97. The highest BCUT2D eigenvalue weighted by Crippen LogP contribution is 2.33. The van der Waals surface area contributed by atoms with Crippen LogP contribution < -0.4 is 0 Å². The average molecular weight is 288 g/mol. The van der Waals surface area contributed by atoms with Crippen molar-refractivity contribution in [1.82, 2.24) is 9.88 Å². The normalized spacial score (nSPS) is 26.1. The molecule has 21 heavy (non-hydrogen) atoms. The number of nitrogens with zero attached hydrogens (tertiary/aromatic N) is 2. The molecular formula is C16H20N2O3. The molecule has 1 aliphatic carbocycles. The first-order chi connectivity index (χ1) is 10.2. The summed E-state index contributed by atoms with van der Waals surface area (Å²) in [5.74, 6) is -0.00188. The minimum absolute atomic E-state index is 0.00198.